The number of carbonyl (C=O) groups is 2. The predicted octanol–water partition coefficient (Wildman–Crippen LogP) is 4.39. The Morgan fingerprint density at radius 1 is 1.05 bits per heavy atom. The molecule has 0 saturated carbocycles. The Bertz CT molecular complexity index is 720. The maximum absolute atomic E-state index is 11.3. The number of hydrogen-bond acceptors (Lipinski definition) is 2. The summed E-state index contributed by atoms with van der Waals surface area (Å²) in [5, 5.41) is 8.74. The number of carboxylic acid groups (broad SMARTS) is 1. The van der Waals surface area contributed by atoms with E-state index in [1.165, 1.54) is 0 Å². The number of rotatable bonds is 5. The lowest BCUT2D eigenvalue weighted by Gasteiger charge is -2.19. The summed E-state index contributed by atoms with van der Waals surface area (Å²) in [6.07, 6.45) is 0.435. The highest BCUT2D eigenvalue weighted by Crippen LogP contribution is 2.26. The molecule has 3 nitrogen and oxygen atoms in total. The van der Waals surface area contributed by atoms with Crippen molar-refractivity contribution in [2.45, 2.75) is 20.3 Å². The van der Waals surface area contributed by atoms with Crippen LogP contribution in [0.2, 0.25) is 0 Å². The highest BCUT2D eigenvalue weighted by Gasteiger charge is 2.27. The second-order valence-electron chi connectivity index (χ2n) is 5.92. The predicted molar refractivity (Wildman–Crippen MR) is 87.2 cm³/mol. The van der Waals surface area contributed by atoms with Crippen molar-refractivity contribution in [1.29, 1.82) is 0 Å². The third-order valence-corrected chi connectivity index (χ3v) is 3.79. The minimum atomic E-state index is -0.827. The summed E-state index contributed by atoms with van der Waals surface area (Å²) in [6.45, 7) is 3.41. The first-order valence-corrected chi connectivity index (χ1v) is 7.30. The van der Waals surface area contributed by atoms with Crippen molar-refractivity contribution in [2.24, 2.45) is 5.41 Å². The summed E-state index contributed by atoms with van der Waals surface area (Å²) in [6, 6.07) is 14.7. The molecular formula is C18H17ClO3. The lowest BCUT2D eigenvalue weighted by Crippen LogP contribution is -2.26. The van der Waals surface area contributed by atoms with E-state index < -0.39 is 16.6 Å². The number of benzene rings is 2. The van der Waals surface area contributed by atoms with Gasteiger partial charge in [0.05, 0.1) is 5.41 Å². The molecule has 0 fully saturated rings. The topological polar surface area (TPSA) is 54.4 Å². The third-order valence-electron chi connectivity index (χ3n) is 3.57. The highest BCUT2D eigenvalue weighted by molar-refractivity contribution is 6.67. The van der Waals surface area contributed by atoms with Crippen LogP contribution in [0.25, 0.3) is 11.1 Å². The van der Waals surface area contributed by atoms with Crippen LogP contribution in [-0.4, -0.2) is 16.3 Å². The Kier molecular flexibility index (Phi) is 4.67. The van der Waals surface area contributed by atoms with Gasteiger partial charge in [-0.3, -0.25) is 9.59 Å². The van der Waals surface area contributed by atoms with Gasteiger partial charge >= 0.3 is 5.97 Å². The molecule has 0 aliphatic carbocycles. The summed E-state index contributed by atoms with van der Waals surface area (Å²) < 4.78 is 0. The Labute approximate surface area is 134 Å². The molecule has 0 spiro atoms. The second kappa shape index (κ2) is 6.32. The van der Waals surface area contributed by atoms with Gasteiger partial charge in [0.2, 0.25) is 0 Å². The van der Waals surface area contributed by atoms with Crippen molar-refractivity contribution < 1.29 is 14.7 Å². The summed E-state index contributed by atoms with van der Waals surface area (Å²) in [7, 11) is 0. The van der Waals surface area contributed by atoms with E-state index in [0.717, 1.165) is 16.7 Å². The monoisotopic (exact) mass is 316 g/mol. The van der Waals surface area contributed by atoms with E-state index in [0.29, 0.717) is 12.0 Å². The highest BCUT2D eigenvalue weighted by atomic mass is 35.5. The molecule has 0 aliphatic rings. The minimum absolute atomic E-state index is 0.435. The van der Waals surface area contributed by atoms with Gasteiger partial charge in [-0.15, -0.1) is 0 Å². The van der Waals surface area contributed by atoms with Crippen LogP contribution in [-0.2, 0) is 11.2 Å². The van der Waals surface area contributed by atoms with E-state index in [4.69, 9.17) is 11.6 Å². The summed E-state index contributed by atoms with van der Waals surface area (Å²) in [5.41, 5.74) is 2.36. The summed E-state index contributed by atoms with van der Waals surface area (Å²) in [5.74, 6) is -0.826. The van der Waals surface area contributed by atoms with Crippen molar-refractivity contribution in [3.8, 4) is 11.1 Å². The van der Waals surface area contributed by atoms with Gasteiger partial charge in [0.15, 0.2) is 0 Å². The molecule has 0 amide bonds. The molecule has 0 aromatic heterocycles. The van der Waals surface area contributed by atoms with Gasteiger partial charge in [-0.2, -0.15) is 0 Å². The zero-order chi connectivity index (χ0) is 16.3. The molecule has 0 unspecified atom stereocenters. The molecule has 0 aliphatic heterocycles. The molecule has 114 valence electrons. The van der Waals surface area contributed by atoms with Crippen molar-refractivity contribution in [3.05, 3.63) is 59.7 Å². The van der Waals surface area contributed by atoms with Crippen LogP contribution in [0.5, 0.6) is 0 Å². The zero-order valence-electron chi connectivity index (χ0n) is 12.5. The lowest BCUT2D eigenvalue weighted by atomic mass is 9.85. The van der Waals surface area contributed by atoms with E-state index in [-0.39, 0.29) is 0 Å². The van der Waals surface area contributed by atoms with Gasteiger partial charge in [-0.05, 0) is 54.6 Å². The number of carboxylic acids is 1. The van der Waals surface area contributed by atoms with Crippen LogP contribution in [0, 0.1) is 5.41 Å². The SMILES string of the molecule is CC(C)(Cc1cccc(-c2cccc(C(=O)Cl)c2)c1)C(=O)O. The van der Waals surface area contributed by atoms with Crippen LogP contribution in [0.4, 0.5) is 0 Å². The Morgan fingerprint density at radius 3 is 2.23 bits per heavy atom. The van der Waals surface area contributed by atoms with Gasteiger partial charge in [0, 0.05) is 5.56 Å². The molecule has 4 heteroatoms. The zero-order valence-corrected chi connectivity index (χ0v) is 13.2. The maximum Gasteiger partial charge on any atom is 0.309 e. The fourth-order valence-corrected chi connectivity index (χ4v) is 2.39. The van der Waals surface area contributed by atoms with Gasteiger partial charge in [0.1, 0.15) is 0 Å². The maximum atomic E-state index is 11.3. The smallest absolute Gasteiger partial charge is 0.309 e. The average Bonchev–Trinajstić information content (AvgIpc) is 2.47. The van der Waals surface area contributed by atoms with Crippen LogP contribution >= 0.6 is 11.6 Å². The molecule has 22 heavy (non-hydrogen) atoms. The molecular weight excluding hydrogens is 300 g/mol. The normalized spacial score (nSPS) is 11.2. The van der Waals surface area contributed by atoms with Crippen molar-refractivity contribution in [1.82, 2.24) is 0 Å². The van der Waals surface area contributed by atoms with Gasteiger partial charge < -0.3 is 5.11 Å². The largest absolute Gasteiger partial charge is 0.481 e. The van der Waals surface area contributed by atoms with Gasteiger partial charge in [-0.1, -0.05) is 42.5 Å². The number of aliphatic carboxylic acids is 1. The van der Waals surface area contributed by atoms with Crippen LogP contribution < -0.4 is 0 Å². The fraction of sp³-hybridized carbons (Fsp3) is 0.222. The van der Waals surface area contributed by atoms with Crippen LogP contribution in [0.3, 0.4) is 0 Å². The van der Waals surface area contributed by atoms with Gasteiger partial charge in [0.25, 0.3) is 5.24 Å². The third kappa shape index (κ3) is 3.74. The first kappa shape index (κ1) is 16.2. The van der Waals surface area contributed by atoms with Crippen molar-refractivity contribution >= 4 is 22.8 Å². The Hall–Kier alpha value is -2.13. The second-order valence-corrected chi connectivity index (χ2v) is 6.26. The Balaban J connectivity index is 2.34. The van der Waals surface area contributed by atoms with Crippen LogP contribution in [0.1, 0.15) is 29.8 Å². The summed E-state index contributed by atoms with van der Waals surface area (Å²) in [4.78, 5) is 22.5. The van der Waals surface area contributed by atoms with Gasteiger partial charge in [-0.25, -0.2) is 0 Å². The number of hydrogen-bond donors (Lipinski definition) is 1. The van der Waals surface area contributed by atoms with Crippen molar-refractivity contribution in [3.63, 3.8) is 0 Å². The Morgan fingerprint density at radius 2 is 1.64 bits per heavy atom. The number of halogens is 1. The molecule has 0 heterocycles. The van der Waals surface area contributed by atoms with Crippen molar-refractivity contribution in [2.75, 3.05) is 0 Å². The molecule has 0 atom stereocenters. The fourth-order valence-electron chi connectivity index (χ4n) is 2.27. The van der Waals surface area contributed by atoms with E-state index in [2.05, 4.69) is 0 Å². The average molecular weight is 317 g/mol. The molecule has 2 aromatic carbocycles. The molecule has 0 bridgehead atoms. The molecule has 0 saturated heterocycles. The molecule has 2 rings (SSSR count). The minimum Gasteiger partial charge on any atom is -0.481 e. The molecule has 1 N–H and O–H groups in total. The molecule has 2 aromatic rings. The first-order valence-electron chi connectivity index (χ1n) is 6.92. The standard InChI is InChI=1S/C18H17ClO3/c1-18(2,17(21)22)11-12-5-3-6-13(9-12)14-7-4-8-15(10-14)16(19)20/h3-10H,11H2,1-2H3,(H,21,22). The van der Waals surface area contributed by atoms with E-state index in [1.54, 1.807) is 32.0 Å². The number of carbonyl (C=O) groups excluding carboxylic acids is 1. The first-order chi connectivity index (χ1) is 10.3. The van der Waals surface area contributed by atoms with Crippen LogP contribution in [0.15, 0.2) is 48.5 Å². The quantitative estimate of drug-likeness (QED) is 0.832. The molecule has 0 radical (unpaired) electrons. The van der Waals surface area contributed by atoms with E-state index in [1.807, 2.05) is 30.3 Å². The van der Waals surface area contributed by atoms with E-state index in [9.17, 15) is 14.7 Å². The summed E-state index contributed by atoms with van der Waals surface area (Å²) >= 11 is 5.51. The lowest BCUT2D eigenvalue weighted by molar-refractivity contribution is -0.146. The van der Waals surface area contributed by atoms with E-state index >= 15 is 0 Å².